The molecule has 4 rings (SSSR count). The van der Waals surface area contributed by atoms with Crippen molar-refractivity contribution in [3.63, 3.8) is 0 Å². The van der Waals surface area contributed by atoms with Gasteiger partial charge in [-0.3, -0.25) is 0 Å². The first-order valence-electron chi connectivity index (χ1n) is 7.89. The Labute approximate surface area is 149 Å². The Bertz CT molecular complexity index is 765. The first-order valence-corrected chi connectivity index (χ1v) is 8.68. The summed E-state index contributed by atoms with van der Waals surface area (Å²) < 4.78 is 22.6. The summed E-state index contributed by atoms with van der Waals surface area (Å²) in [5, 5.41) is 3.55. The molecular formula is C18H18BrNO4. The van der Waals surface area contributed by atoms with Gasteiger partial charge in [-0.05, 0) is 48.7 Å². The standard InChI is InChI=1S/C18H18BrNO4/c1-11(4-12-2-3-15-16(5-12)22-9-21-15)20-8-13-6-17-18(7-14(13)19)24-10-23-17/h2-3,5-7,11,20H,4,8-10H2,1H3. The molecule has 0 saturated carbocycles. The number of halogens is 1. The van der Waals surface area contributed by atoms with Gasteiger partial charge in [0.2, 0.25) is 13.6 Å². The van der Waals surface area contributed by atoms with Crippen molar-refractivity contribution in [1.29, 1.82) is 0 Å². The van der Waals surface area contributed by atoms with E-state index in [2.05, 4.69) is 40.3 Å². The summed E-state index contributed by atoms with van der Waals surface area (Å²) in [7, 11) is 0. The summed E-state index contributed by atoms with van der Waals surface area (Å²) in [5.74, 6) is 3.25. The molecule has 0 bridgehead atoms. The molecular weight excluding hydrogens is 374 g/mol. The van der Waals surface area contributed by atoms with E-state index in [4.69, 9.17) is 18.9 Å². The molecule has 1 unspecified atom stereocenters. The van der Waals surface area contributed by atoms with Crippen LogP contribution in [0, 0.1) is 0 Å². The van der Waals surface area contributed by atoms with Crippen molar-refractivity contribution >= 4 is 15.9 Å². The topological polar surface area (TPSA) is 49.0 Å². The van der Waals surface area contributed by atoms with Crippen LogP contribution in [0.1, 0.15) is 18.1 Å². The normalized spacial score (nSPS) is 15.6. The number of hydrogen-bond donors (Lipinski definition) is 1. The Morgan fingerprint density at radius 3 is 2.42 bits per heavy atom. The van der Waals surface area contributed by atoms with Gasteiger partial charge in [-0.1, -0.05) is 22.0 Å². The minimum Gasteiger partial charge on any atom is -0.454 e. The third-order valence-electron chi connectivity index (χ3n) is 4.16. The van der Waals surface area contributed by atoms with Gasteiger partial charge in [-0.25, -0.2) is 0 Å². The molecule has 1 atom stereocenters. The number of ether oxygens (including phenoxy) is 4. The van der Waals surface area contributed by atoms with Crippen LogP contribution in [-0.2, 0) is 13.0 Å². The summed E-state index contributed by atoms with van der Waals surface area (Å²) in [5.41, 5.74) is 2.38. The Morgan fingerprint density at radius 1 is 0.958 bits per heavy atom. The van der Waals surface area contributed by atoms with Gasteiger partial charge >= 0.3 is 0 Å². The van der Waals surface area contributed by atoms with Crippen LogP contribution in [0.3, 0.4) is 0 Å². The molecule has 2 aromatic rings. The van der Waals surface area contributed by atoms with Gasteiger partial charge in [0.1, 0.15) is 0 Å². The average Bonchev–Trinajstić information content (AvgIpc) is 3.20. The zero-order valence-electron chi connectivity index (χ0n) is 13.3. The van der Waals surface area contributed by atoms with Crippen molar-refractivity contribution in [2.45, 2.75) is 25.9 Å². The zero-order chi connectivity index (χ0) is 16.5. The van der Waals surface area contributed by atoms with Gasteiger partial charge in [0.05, 0.1) is 0 Å². The molecule has 0 aromatic heterocycles. The van der Waals surface area contributed by atoms with Crippen LogP contribution in [0.2, 0.25) is 0 Å². The van der Waals surface area contributed by atoms with Crippen molar-refractivity contribution in [3.8, 4) is 23.0 Å². The Morgan fingerprint density at radius 2 is 1.62 bits per heavy atom. The number of fused-ring (bicyclic) bond motifs is 2. The minimum absolute atomic E-state index is 0.291. The van der Waals surface area contributed by atoms with E-state index < -0.39 is 0 Å². The molecule has 24 heavy (non-hydrogen) atoms. The average molecular weight is 392 g/mol. The molecule has 2 aliphatic heterocycles. The lowest BCUT2D eigenvalue weighted by Crippen LogP contribution is -2.27. The van der Waals surface area contributed by atoms with Crippen LogP contribution in [0.15, 0.2) is 34.8 Å². The highest BCUT2D eigenvalue weighted by Crippen LogP contribution is 2.37. The summed E-state index contributed by atoms with van der Waals surface area (Å²) in [6.45, 7) is 3.53. The second-order valence-corrected chi connectivity index (χ2v) is 6.82. The SMILES string of the molecule is CC(Cc1ccc2c(c1)OCO2)NCc1cc2c(cc1Br)OCO2. The molecule has 2 heterocycles. The van der Waals surface area contributed by atoms with Gasteiger partial charge in [-0.2, -0.15) is 0 Å². The first-order chi connectivity index (χ1) is 11.7. The van der Waals surface area contributed by atoms with E-state index in [0.29, 0.717) is 19.6 Å². The summed E-state index contributed by atoms with van der Waals surface area (Å²) in [4.78, 5) is 0. The van der Waals surface area contributed by atoms with E-state index in [1.807, 2.05) is 18.2 Å². The number of hydrogen-bond acceptors (Lipinski definition) is 5. The van der Waals surface area contributed by atoms with Crippen molar-refractivity contribution < 1.29 is 18.9 Å². The number of nitrogens with one attached hydrogen (secondary N) is 1. The van der Waals surface area contributed by atoms with Gasteiger partial charge < -0.3 is 24.3 Å². The zero-order valence-corrected chi connectivity index (χ0v) is 14.9. The van der Waals surface area contributed by atoms with E-state index in [1.54, 1.807) is 0 Å². The summed E-state index contributed by atoms with van der Waals surface area (Å²) in [6.07, 6.45) is 0.915. The molecule has 2 aromatic carbocycles. The lowest BCUT2D eigenvalue weighted by molar-refractivity contribution is 0.173. The molecule has 5 nitrogen and oxygen atoms in total. The molecule has 0 spiro atoms. The van der Waals surface area contributed by atoms with E-state index >= 15 is 0 Å². The fourth-order valence-corrected chi connectivity index (χ4v) is 3.34. The molecule has 0 amide bonds. The summed E-state index contributed by atoms with van der Waals surface area (Å²) >= 11 is 3.59. The van der Waals surface area contributed by atoms with Crippen molar-refractivity contribution in [2.24, 2.45) is 0 Å². The van der Waals surface area contributed by atoms with Crippen LogP contribution in [0.4, 0.5) is 0 Å². The number of rotatable bonds is 5. The highest BCUT2D eigenvalue weighted by atomic mass is 79.9. The first kappa shape index (κ1) is 15.6. The Hall–Kier alpha value is -1.92. The van der Waals surface area contributed by atoms with Gasteiger partial charge in [0, 0.05) is 17.1 Å². The molecule has 6 heteroatoms. The lowest BCUT2D eigenvalue weighted by Gasteiger charge is -2.15. The highest BCUT2D eigenvalue weighted by molar-refractivity contribution is 9.10. The van der Waals surface area contributed by atoms with E-state index in [1.165, 1.54) is 5.56 Å². The maximum absolute atomic E-state index is 5.44. The van der Waals surface area contributed by atoms with E-state index in [9.17, 15) is 0 Å². The monoisotopic (exact) mass is 391 g/mol. The predicted octanol–water partition coefficient (Wildman–Crippen LogP) is 3.63. The maximum atomic E-state index is 5.44. The Kier molecular flexibility index (Phi) is 4.24. The van der Waals surface area contributed by atoms with Crippen LogP contribution < -0.4 is 24.3 Å². The third kappa shape index (κ3) is 3.16. The van der Waals surface area contributed by atoms with Crippen LogP contribution in [0.25, 0.3) is 0 Å². The van der Waals surface area contributed by atoms with E-state index in [-0.39, 0.29) is 0 Å². The van der Waals surface area contributed by atoms with Gasteiger partial charge in [0.25, 0.3) is 0 Å². The third-order valence-corrected chi connectivity index (χ3v) is 4.90. The summed E-state index contributed by atoms with van der Waals surface area (Å²) in [6, 6.07) is 10.4. The minimum atomic E-state index is 0.291. The van der Waals surface area contributed by atoms with E-state index in [0.717, 1.165) is 46.0 Å². The molecule has 0 saturated heterocycles. The van der Waals surface area contributed by atoms with Crippen molar-refractivity contribution in [1.82, 2.24) is 5.32 Å². The fraction of sp³-hybridized carbons (Fsp3) is 0.333. The molecule has 126 valence electrons. The van der Waals surface area contributed by atoms with Crippen molar-refractivity contribution in [2.75, 3.05) is 13.6 Å². The smallest absolute Gasteiger partial charge is 0.231 e. The molecule has 0 fully saturated rings. The van der Waals surface area contributed by atoms with Crippen LogP contribution >= 0.6 is 15.9 Å². The predicted molar refractivity (Wildman–Crippen MR) is 92.8 cm³/mol. The van der Waals surface area contributed by atoms with Gasteiger partial charge in [-0.15, -0.1) is 0 Å². The lowest BCUT2D eigenvalue weighted by atomic mass is 10.1. The van der Waals surface area contributed by atoms with Gasteiger partial charge in [0.15, 0.2) is 23.0 Å². The van der Waals surface area contributed by atoms with Crippen LogP contribution in [0.5, 0.6) is 23.0 Å². The Balaban J connectivity index is 1.37. The number of benzene rings is 2. The molecule has 0 radical (unpaired) electrons. The maximum Gasteiger partial charge on any atom is 0.231 e. The van der Waals surface area contributed by atoms with Crippen molar-refractivity contribution in [3.05, 3.63) is 45.9 Å². The second-order valence-electron chi connectivity index (χ2n) is 5.97. The largest absolute Gasteiger partial charge is 0.454 e. The quantitative estimate of drug-likeness (QED) is 0.842. The molecule has 2 aliphatic rings. The van der Waals surface area contributed by atoms with Crippen LogP contribution in [-0.4, -0.2) is 19.6 Å². The fourth-order valence-electron chi connectivity index (χ4n) is 2.87. The second kappa shape index (κ2) is 6.53. The molecule has 1 N–H and O–H groups in total. The molecule has 0 aliphatic carbocycles. The highest BCUT2D eigenvalue weighted by Gasteiger charge is 2.17.